The van der Waals surface area contributed by atoms with Gasteiger partial charge in [-0.15, -0.1) is 0 Å². The molecular formula is C6H4F10O4S. The van der Waals surface area contributed by atoms with E-state index in [4.69, 9.17) is 0 Å². The van der Waals surface area contributed by atoms with Crippen molar-refractivity contribution in [3.63, 3.8) is 0 Å². The van der Waals surface area contributed by atoms with E-state index < -0.39 is 47.8 Å². The minimum absolute atomic E-state index is 2.88. The van der Waals surface area contributed by atoms with Gasteiger partial charge < -0.3 is 0 Å². The third-order valence-corrected chi connectivity index (χ3v) is 2.41. The van der Waals surface area contributed by atoms with Gasteiger partial charge in [0.05, 0.1) is 0 Å². The van der Waals surface area contributed by atoms with Crippen molar-refractivity contribution in [1.29, 1.82) is 0 Å². The molecule has 0 aromatic heterocycles. The van der Waals surface area contributed by atoms with Crippen LogP contribution >= 0.6 is 0 Å². The van der Waals surface area contributed by atoms with E-state index >= 15 is 0 Å². The fraction of sp³-hybridized carbons (Fsp3) is 1.00. The first-order valence-electron chi connectivity index (χ1n) is 4.34. The Bertz CT molecular complexity index is 413. The quantitative estimate of drug-likeness (QED) is 0.682. The van der Waals surface area contributed by atoms with Crippen LogP contribution in [0.15, 0.2) is 0 Å². The van der Waals surface area contributed by atoms with E-state index in [1.54, 1.807) is 0 Å². The summed E-state index contributed by atoms with van der Waals surface area (Å²) in [5.41, 5.74) is 0. The van der Waals surface area contributed by atoms with Gasteiger partial charge in [-0.05, 0) is 0 Å². The van der Waals surface area contributed by atoms with Gasteiger partial charge in [-0.1, -0.05) is 0 Å². The lowest BCUT2D eigenvalue weighted by molar-refractivity contribution is -0.293. The van der Waals surface area contributed by atoms with Crippen molar-refractivity contribution in [2.45, 2.75) is 24.2 Å². The number of alkyl halides is 10. The molecule has 15 heteroatoms. The van der Waals surface area contributed by atoms with Crippen molar-refractivity contribution in [3.8, 4) is 0 Å². The van der Waals surface area contributed by atoms with Gasteiger partial charge in [0.1, 0.15) is 13.2 Å². The van der Waals surface area contributed by atoms with Crippen molar-refractivity contribution in [3.05, 3.63) is 0 Å². The van der Waals surface area contributed by atoms with Gasteiger partial charge in [0.25, 0.3) is 0 Å². The molecule has 0 aliphatic heterocycles. The SMILES string of the molecule is O=S(=O)(OCC(F)(F)C(F)(F)F)OCC(F)(F)C(F)(F)F. The predicted molar refractivity (Wildman–Crippen MR) is 42.8 cm³/mol. The van der Waals surface area contributed by atoms with Crippen LogP contribution in [0.3, 0.4) is 0 Å². The van der Waals surface area contributed by atoms with Crippen LogP contribution in [0.5, 0.6) is 0 Å². The van der Waals surface area contributed by atoms with Crippen molar-refractivity contribution < 1.29 is 60.7 Å². The molecule has 0 rings (SSSR count). The van der Waals surface area contributed by atoms with Gasteiger partial charge in [0.15, 0.2) is 0 Å². The molecule has 4 nitrogen and oxygen atoms in total. The molecule has 0 heterocycles. The molecule has 0 radical (unpaired) electrons. The third kappa shape index (κ3) is 5.82. The Balaban J connectivity index is 4.69. The van der Waals surface area contributed by atoms with Crippen LogP contribution in [0.2, 0.25) is 0 Å². The van der Waals surface area contributed by atoms with Crippen LogP contribution in [0.4, 0.5) is 43.9 Å². The van der Waals surface area contributed by atoms with Crippen LogP contribution in [-0.2, 0) is 18.8 Å². The first-order valence-corrected chi connectivity index (χ1v) is 5.67. The minimum atomic E-state index is -6.22. The molecule has 0 aromatic carbocycles. The fourth-order valence-electron chi connectivity index (χ4n) is 0.490. The Morgan fingerprint density at radius 3 is 1.05 bits per heavy atom. The Hall–Kier alpha value is -0.830. The molecule has 0 aliphatic carbocycles. The highest BCUT2D eigenvalue weighted by Crippen LogP contribution is 2.37. The summed E-state index contributed by atoms with van der Waals surface area (Å²) in [5, 5.41) is 0. The highest BCUT2D eigenvalue weighted by atomic mass is 32.3. The Morgan fingerprint density at radius 1 is 0.619 bits per heavy atom. The maximum absolute atomic E-state index is 12.2. The van der Waals surface area contributed by atoms with Crippen molar-refractivity contribution in [2.24, 2.45) is 0 Å². The summed E-state index contributed by atoms with van der Waals surface area (Å²) in [7, 11) is -5.93. The number of rotatable bonds is 6. The van der Waals surface area contributed by atoms with E-state index in [2.05, 4.69) is 8.37 Å². The van der Waals surface area contributed by atoms with Crippen LogP contribution < -0.4 is 0 Å². The van der Waals surface area contributed by atoms with Crippen LogP contribution in [-0.4, -0.2) is 45.8 Å². The smallest absolute Gasteiger partial charge is 0.241 e. The first-order chi connectivity index (χ1) is 8.91. The van der Waals surface area contributed by atoms with Gasteiger partial charge in [-0.3, -0.25) is 0 Å². The van der Waals surface area contributed by atoms with E-state index in [0.29, 0.717) is 0 Å². The molecule has 0 saturated heterocycles. The summed E-state index contributed by atoms with van der Waals surface area (Å²) in [6, 6.07) is 0. The van der Waals surface area contributed by atoms with Gasteiger partial charge in [0.2, 0.25) is 0 Å². The molecule has 0 bridgehead atoms. The normalized spacial score (nSPS) is 15.3. The van der Waals surface area contributed by atoms with E-state index in [-0.39, 0.29) is 0 Å². The number of halogens is 10. The zero-order valence-corrected chi connectivity index (χ0v) is 10.1. The molecule has 0 aromatic rings. The lowest BCUT2D eigenvalue weighted by Gasteiger charge is -2.20. The second kappa shape index (κ2) is 5.75. The summed E-state index contributed by atoms with van der Waals surface area (Å²) >= 11 is 0. The molecular weight excluding hydrogens is 358 g/mol. The molecule has 0 aliphatic rings. The van der Waals surface area contributed by atoms with Gasteiger partial charge in [-0.2, -0.15) is 52.3 Å². The number of hydrogen-bond acceptors (Lipinski definition) is 4. The minimum Gasteiger partial charge on any atom is -0.241 e. The predicted octanol–water partition coefficient (Wildman–Crippen LogP) is 2.66. The topological polar surface area (TPSA) is 52.6 Å². The first kappa shape index (κ1) is 20.2. The third-order valence-electron chi connectivity index (χ3n) is 1.60. The van der Waals surface area contributed by atoms with Crippen LogP contribution in [0, 0.1) is 0 Å². The molecule has 0 saturated carbocycles. The molecule has 0 atom stereocenters. The average molecular weight is 362 g/mol. The molecule has 0 spiro atoms. The van der Waals surface area contributed by atoms with Gasteiger partial charge in [-0.25, -0.2) is 8.37 Å². The van der Waals surface area contributed by atoms with Crippen molar-refractivity contribution >= 4 is 10.4 Å². The van der Waals surface area contributed by atoms with Gasteiger partial charge >= 0.3 is 34.6 Å². The Labute approximate surface area is 109 Å². The molecule has 128 valence electrons. The van der Waals surface area contributed by atoms with Crippen molar-refractivity contribution in [2.75, 3.05) is 13.2 Å². The van der Waals surface area contributed by atoms with Crippen molar-refractivity contribution in [1.82, 2.24) is 0 Å². The lowest BCUT2D eigenvalue weighted by atomic mass is 10.3. The summed E-state index contributed by atoms with van der Waals surface area (Å²) in [6.45, 7) is -5.76. The highest BCUT2D eigenvalue weighted by molar-refractivity contribution is 7.81. The molecule has 0 unspecified atom stereocenters. The summed E-state index contributed by atoms with van der Waals surface area (Å²) < 4.78 is 145. The molecule has 0 N–H and O–H groups in total. The summed E-state index contributed by atoms with van der Waals surface area (Å²) in [4.78, 5) is 0. The summed E-state index contributed by atoms with van der Waals surface area (Å²) in [5.74, 6) is -11.4. The maximum Gasteiger partial charge on any atom is 0.455 e. The second-order valence-electron chi connectivity index (χ2n) is 3.34. The lowest BCUT2D eigenvalue weighted by Crippen LogP contribution is -2.43. The van der Waals surface area contributed by atoms with E-state index in [1.807, 2.05) is 0 Å². The molecule has 0 fully saturated rings. The van der Waals surface area contributed by atoms with E-state index in [9.17, 15) is 52.3 Å². The Morgan fingerprint density at radius 2 is 0.857 bits per heavy atom. The highest BCUT2D eigenvalue weighted by Gasteiger charge is 2.60. The number of hydrogen-bond donors (Lipinski definition) is 0. The van der Waals surface area contributed by atoms with E-state index in [0.717, 1.165) is 0 Å². The Kier molecular flexibility index (Phi) is 5.52. The van der Waals surface area contributed by atoms with Crippen LogP contribution in [0.1, 0.15) is 0 Å². The van der Waals surface area contributed by atoms with Gasteiger partial charge in [0, 0.05) is 0 Å². The maximum atomic E-state index is 12.2. The average Bonchev–Trinajstić information content (AvgIpc) is 2.21. The zero-order valence-electron chi connectivity index (χ0n) is 9.24. The molecule has 21 heavy (non-hydrogen) atoms. The standard InChI is InChI=1S/C6H4F10O4S/c7-3(8,5(11,12)13)1-19-21(17,18)20-2-4(9,10)6(14,15)16/h1-2H2. The molecule has 0 amide bonds. The zero-order chi connectivity index (χ0) is 17.3. The second-order valence-corrected chi connectivity index (χ2v) is 4.62. The largest absolute Gasteiger partial charge is 0.455 e. The van der Waals surface area contributed by atoms with E-state index in [1.165, 1.54) is 0 Å². The van der Waals surface area contributed by atoms with Crippen LogP contribution in [0.25, 0.3) is 0 Å². The summed E-state index contributed by atoms with van der Waals surface area (Å²) in [6.07, 6.45) is -12.4. The fourth-order valence-corrected chi connectivity index (χ4v) is 1.14. The monoisotopic (exact) mass is 362 g/mol.